The molecule has 0 amide bonds. The quantitative estimate of drug-likeness (QED) is 0.493. The summed E-state index contributed by atoms with van der Waals surface area (Å²) in [5, 5.41) is 3.41. The van der Waals surface area contributed by atoms with Crippen molar-refractivity contribution in [2.45, 2.75) is 65.0 Å². The SMILES string of the molecule is CCCCCC(=O)OC(C)CCCNCc1ccccc1. The Morgan fingerprint density at radius 3 is 2.67 bits per heavy atom. The average molecular weight is 291 g/mol. The van der Waals surface area contributed by atoms with Gasteiger partial charge in [-0.15, -0.1) is 0 Å². The number of carbonyl (C=O) groups excluding carboxylic acids is 1. The van der Waals surface area contributed by atoms with Crippen LogP contribution in [0.2, 0.25) is 0 Å². The first-order valence-corrected chi connectivity index (χ1v) is 8.16. The fourth-order valence-electron chi connectivity index (χ4n) is 2.20. The summed E-state index contributed by atoms with van der Waals surface area (Å²) in [6.07, 6.45) is 5.71. The number of unbranched alkanes of at least 4 members (excludes halogenated alkanes) is 2. The van der Waals surface area contributed by atoms with Crippen LogP contribution in [0.25, 0.3) is 0 Å². The van der Waals surface area contributed by atoms with Crippen LogP contribution in [-0.4, -0.2) is 18.6 Å². The third-order valence-corrected chi connectivity index (χ3v) is 3.45. The van der Waals surface area contributed by atoms with Gasteiger partial charge in [-0.2, -0.15) is 0 Å². The van der Waals surface area contributed by atoms with E-state index < -0.39 is 0 Å². The average Bonchev–Trinajstić information content (AvgIpc) is 2.48. The summed E-state index contributed by atoms with van der Waals surface area (Å²) in [4.78, 5) is 11.6. The fourth-order valence-corrected chi connectivity index (χ4v) is 2.20. The van der Waals surface area contributed by atoms with E-state index in [2.05, 4.69) is 36.5 Å². The zero-order chi connectivity index (χ0) is 15.3. The number of carbonyl (C=O) groups is 1. The molecule has 118 valence electrons. The van der Waals surface area contributed by atoms with Gasteiger partial charge in [0.05, 0.1) is 6.10 Å². The van der Waals surface area contributed by atoms with Gasteiger partial charge in [0.1, 0.15) is 0 Å². The lowest BCUT2D eigenvalue weighted by Gasteiger charge is -2.13. The van der Waals surface area contributed by atoms with Gasteiger partial charge >= 0.3 is 5.97 Å². The first kappa shape index (κ1) is 17.7. The third kappa shape index (κ3) is 9.24. The molecule has 0 heterocycles. The van der Waals surface area contributed by atoms with Crippen LogP contribution in [-0.2, 0) is 16.1 Å². The molecule has 0 aliphatic heterocycles. The largest absolute Gasteiger partial charge is 0.463 e. The van der Waals surface area contributed by atoms with Crippen LogP contribution in [0.5, 0.6) is 0 Å². The minimum absolute atomic E-state index is 0.0256. The summed E-state index contributed by atoms with van der Waals surface area (Å²) in [6.45, 7) is 5.96. The van der Waals surface area contributed by atoms with Crippen molar-refractivity contribution in [3.8, 4) is 0 Å². The van der Waals surface area contributed by atoms with E-state index in [0.29, 0.717) is 6.42 Å². The molecule has 0 radical (unpaired) electrons. The van der Waals surface area contributed by atoms with Crippen molar-refractivity contribution >= 4 is 5.97 Å². The van der Waals surface area contributed by atoms with Gasteiger partial charge in [0.15, 0.2) is 0 Å². The second kappa shape index (κ2) is 11.3. The van der Waals surface area contributed by atoms with Crippen molar-refractivity contribution in [3.05, 3.63) is 35.9 Å². The van der Waals surface area contributed by atoms with Gasteiger partial charge in [0.2, 0.25) is 0 Å². The van der Waals surface area contributed by atoms with Crippen molar-refractivity contribution in [1.29, 1.82) is 0 Å². The van der Waals surface area contributed by atoms with Crippen molar-refractivity contribution < 1.29 is 9.53 Å². The summed E-state index contributed by atoms with van der Waals surface area (Å²) < 4.78 is 5.40. The number of hydrogen-bond acceptors (Lipinski definition) is 3. The van der Waals surface area contributed by atoms with E-state index in [1.807, 2.05) is 13.0 Å². The van der Waals surface area contributed by atoms with Gasteiger partial charge in [0, 0.05) is 13.0 Å². The molecular weight excluding hydrogens is 262 g/mol. The van der Waals surface area contributed by atoms with E-state index in [1.54, 1.807) is 0 Å². The van der Waals surface area contributed by atoms with E-state index >= 15 is 0 Å². The highest BCUT2D eigenvalue weighted by molar-refractivity contribution is 5.69. The second-order valence-electron chi connectivity index (χ2n) is 5.56. The number of rotatable bonds is 11. The zero-order valence-electron chi connectivity index (χ0n) is 13.4. The Morgan fingerprint density at radius 2 is 1.95 bits per heavy atom. The molecule has 1 N–H and O–H groups in total. The Hall–Kier alpha value is -1.35. The van der Waals surface area contributed by atoms with Crippen molar-refractivity contribution in [3.63, 3.8) is 0 Å². The molecule has 1 atom stereocenters. The first-order valence-electron chi connectivity index (χ1n) is 8.16. The predicted molar refractivity (Wildman–Crippen MR) is 87.1 cm³/mol. The number of esters is 1. The molecule has 0 bridgehead atoms. The van der Waals surface area contributed by atoms with Crippen LogP contribution in [0.15, 0.2) is 30.3 Å². The summed E-state index contributed by atoms with van der Waals surface area (Å²) in [5.74, 6) is -0.0480. The summed E-state index contributed by atoms with van der Waals surface area (Å²) in [5.41, 5.74) is 1.30. The van der Waals surface area contributed by atoms with Gasteiger partial charge in [-0.25, -0.2) is 0 Å². The molecule has 21 heavy (non-hydrogen) atoms. The molecule has 1 unspecified atom stereocenters. The Kier molecular flexibility index (Phi) is 9.55. The lowest BCUT2D eigenvalue weighted by atomic mass is 10.2. The Labute approximate surface area is 129 Å². The second-order valence-corrected chi connectivity index (χ2v) is 5.56. The molecule has 1 aromatic carbocycles. The fraction of sp³-hybridized carbons (Fsp3) is 0.611. The van der Waals surface area contributed by atoms with Gasteiger partial charge in [-0.3, -0.25) is 4.79 Å². The molecule has 0 saturated carbocycles. The van der Waals surface area contributed by atoms with Gasteiger partial charge in [-0.1, -0.05) is 50.1 Å². The van der Waals surface area contributed by atoms with Gasteiger partial charge in [0.25, 0.3) is 0 Å². The molecule has 0 spiro atoms. The van der Waals surface area contributed by atoms with Crippen LogP contribution in [0.1, 0.15) is 57.9 Å². The minimum atomic E-state index is -0.0480. The van der Waals surface area contributed by atoms with Crippen molar-refractivity contribution in [1.82, 2.24) is 5.32 Å². The number of benzene rings is 1. The molecule has 1 aromatic rings. The highest BCUT2D eigenvalue weighted by atomic mass is 16.5. The molecule has 1 rings (SSSR count). The maximum atomic E-state index is 11.6. The van der Waals surface area contributed by atoms with E-state index in [4.69, 9.17) is 4.74 Å². The van der Waals surface area contributed by atoms with Crippen molar-refractivity contribution in [2.24, 2.45) is 0 Å². The van der Waals surface area contributed by atoms with Gasteiger partial charge < -0.3 is 10.1 Å². The van der Waals surface area contributed by atoms with E-state index in [1.165, 1.54) is 5.56 Å². The molecule has 0 aliphatic rings. The highest BCUT2D eigenvalue weighted by Gasteiger charge is 2.08. The number of hydrogen-bond donors (Lipinski definition) is 1. The molecule has 0 fully saturated rings. The molecule has 0 saturated heterocycles. The summed E-state index contributed by atoms with van der Waals surface area (Å²) in [6, 6.07) is 10.4. The van der Waals surface area contributed by atoms with Crippen LogP contribution in [0.4, 0.5) is 0 Å². The van der Waals surface area contributed by atoms with Gasteiger partial charge in [-0.05, 0) is 38.3 Å². The lowest BCUT2D eigenvalue weighted by Crippen LogP contribution is -2.19. The zero-order valence-corrected chi connectivity index (χ0v) is 13.4. The van der Waals surface area contributed by atoms with Crippen LogP contribution >= 0.6 is 0 Å². The number of nitrogens with one attached hydrogen (secondary N) is 1. The summed E-state index contributed by atoms with van der Waals surface area (Å²) >= 11 is 0. The topological polar surface area (TPSA) is 38.3 Å². The standard InChI is InChI=1S/C18H29NO2/c1-3-4-6-13-18(20)21-16(2)10-9-14-19-15-17-11-7-5-8-12-17/h5,7-8,11-12,16,19H,3-4,6,9-10,13-15H2,1-2H3. The van der Waals surface area contributed by atoms with E-state index in [-0.39, 0.29) is 12.1 Å². The van der Waals surface area contributed by atoms with Crippen LogP contribution in [0, 0.1) is 0 Å². The Bertz CT molecular complexity index is 378. The van der Waals surface area contributed by atoms with Crippen LogP contribution in [0.3, 0.4) is 0 Å². The highest BCUT2D eigenvalue weighted by Crippen LogP contribution is 2.06. The molecule has 3 heteroatoms. The molecule has 0 aliphatic carbocycles. The van der Waals surface area contributed by atoms with E-state index in [9.17, 15) is 4.79 Å². The van der Waals surface area contributed by atoms with E-state index in [0.717, 1.165) is 45.2 Å². The summed E-state index contributed by atoms with van der Waals surface area (Å²) in [7, 11) is 0. The Morgan fingerprint density at radius 1 is 1.19 bits per heavy atom. The first-order chi connectivity index (χ1) is 10.2. The van der Waals surface area contributed by atoms with Crippen LogP contribution < -0.4 is 5.32 Å². The molecule has 0 aromatic heterocycles. The normalized spacial score (nSPS) is 12.1. The predicted octanol–water partition coefficient (Wildman–Crippen LogP) is 4.07. The maximum Gasteiger partial charge on any atom is 0.306 e. The monoisotopic (exact) mass is 291 g/mol. The number of ether oxygens (including phenoxy) is 1. The maximum absolute atomic E-state index is 11.6. The molecular formula is C18H29NO2. The molecule has 3 nitrogen and oxygen atoms in total. The van der Waals surface area contributed by atoms with Crippen molar-refractivity contribution in [2.75, 3.05) is 6.54 Å². The lowest BCUT2D eigenvalue weighted by molar-refractivity contribution is -0.148. The smallest absolute Gasteiger partial charge is 0.306 e. The third-order valence-electron chi connectivity index (χ3n) is 3.45. The Balaban J connectivity index is 2.00. The minimum Gasteiger partial charge on any atom is -0.463 e.